The largest absolute Gasteiger partial charge is 0.279 e. The highest BCUT2D eigenvalue weighted by atomic mass is 32.2. The zero-order valence-corrected chi connectivity index (χ0v) is 13.8. The zero-order valence-electron chi connectivity index (χ0n) is 11.3. The lowest BCUT2D eigenvalue weighted by molar-refractivity contribution is 0.596. The van der Waals surface area contributed by atoms with Crippen molar-refractivity contribution in [3.63, 3.8) is 0 Å². The summed E-state index contributed by atoms with van der Waals surface area (Å²) in [6, 6.07) is 5.73. The Morgan fingerprint density at radius 2 is 1.81 bits per heavy atom. The van der Waals surface area contributed by atoms with Crippen LogP contribution in [0.5, 0.6) is 0 Å². The molecule has 114 valence electrons. The molecule has 0 radical (unpaired) electrons. The van der Waals surface area contributed by atoms with Gasteiger partial charge < -0.3 is 0 Å². The van der Waals surface area contributed by atoms with Crippen molar-refractivity contribution in [2.24, 2.45) is 5.14 Å². The summed E-state index contributed by atoms with van der Waals surface area (Å²) in [7, 11) is -7.64. The summed E-state index contributed by atoms with van der Waals surface area (Å²) in [4.78, 5) is -0.130. The zero-order chi connectivity index (χ0) is 15.8. The fraction of sp³-hybridized carbons (Fsp3) is 0.167. The van der Waals surface area contributed by atoms with Crippen molar-refractivity contribution in [2.75, 3.05) is 4.72 Å². The van der Waals surface area contributed by atoms with Gasteiger partial charge in [0.05, 0.1) is 10.6 Å². The third kappa shape index (κ3) is 3.43. The summed E-state index contributed by atoms with van der Waals surface area (Å²) >= 11 is 1.08. The van der Waals surface area contributed by atoms with Crippen molar-refractivity contribution in [1.82, 2.24) is 0 Å². The minimum absolute atomic E-state index is 0.130. The number of nitrogens with one attached hydrogen (secondary N) is 1. The van der Waals surface area contributed by atoms with Crippen LogP contribution in [0.4, 0.5) is 5.69 Å². The summed E-state index contributed by atoms with van der Waals surface area (Å²) in [5.41, 5.74) is 1.47. The van der Waals surface area contributed by atoms with E-state index in [-0.39, 0.29) is 14.8 Å². The van der Waals surface area contributed by atoms with E-state index in [9.17, 15) is 16.8 Å². The number of rotatable bonds is 4. The third-order valence-electron chi connectivity index (χ3n) is 2.97. The van der Waals surface area contributed by atoms with Gasteiger partial charge in [0.2, 0.25) is 10.0 Å². The number of hydrogen-bond acceptors (Lipinski definition) is 5. The molecule has 1 aromatic heterocycles. The minimum Gasteiger partial charge on any atom is -0.279 e. The Kier molecular flexibility index (Phi) is 4.11. The Hall–Kier alpha value is -1.42. The molecule has 9 heteroatoms. The molecule has 0 atom stereocenters. The van der Waals surface area contributed by atoms with Gasteiger partial charge in [0.15, 0.2) is 0 Å². The molecule has 0 aliphatic rings. The molecule has 3 N–H and O–H groups in total. The minimum atomic E-state index is -3.91. The molecular weight excluding hydrogens is 332 g/mol. The van der Waals surface area contributed by atoms with Crippen molar-refractivity contribution >= 4 is 37.1 Å². The van der Waals surface area contributed by atoms with Crippen LogP contribution >= 0.6 is 11.3 Å². The number of thiophene rings is 1. The van der Waals surface area contributed by atoms with Gasteiger partial charge in [0.25, 0.3) is 10.0 Å². The van der Waals surface area contributed by atoms with Crippen LogP contribution in [0, 0.1) is 13.8 Å². The molecule has 1 aromatic carbocycles. The Bertz CT molecular complexity index is 869. The number of primary sulfonamides is 1. The molecule has 6 nitrogen and oxygen atoms in total. The van der Waals surface area contributed by atoms with Gasteiger partial charge in [-0.2, -0.15) is 0 Å². The summed E-state index contributed by atoms with van der Waals surface area (Å²) in [6.45, 7) is 3.39. The van der Waals surface area contributed by atoms with Gasteiger partial charge in [0, 0.05) is 0 Å². The van der Waals surface area contributed by atoms with Crippen LogP contribution in [0.15, 0.2) is 38.8 Å². The summed E-state index contributed by atoms with van der Waals surface area (Å²) in [5, 5.41) is 6.75. The van der Waals surface area contributed by atoms with E-state index < -0.39 is 20.0 Å². The van der Waals surface area contributed by atoms with Crippen LogP contribution in [0.3, 0.4) is 0 Å². The van der Waals surface area contributed by atoms with Crippen LogP contribution in [0.1, 0.15) is 11.1 Å². The molecule has 0 saturated heterocycles. The molecule has 0 amide bonds. The lowest BCUT2D eigenvalue weighted by Crippen LogP contribution is -2.16. The molecule has 0 aliphatic heterocycles. The van der Waals surface area contributed by atoms with Crippen LogP contribution in [0.25, 0.3) is 0 Å². The molecule has 2 aromatic rings. The van der Waals surface area contributed by atoms with Crippen LogP contribution in [-0.2, 0) is 20.0 Å². The summed E-state index contributed by atoms with van der Waals surface area (Å²) in [5.74, 6) is 0. The first-order chi connectivity index (χ1) is 9.61. The molecule has 0 fully saturated rings. The Morgan fingerprint density at radius 1 is 1.14 bits per heavy atom. The fourth-order valence-electron chi connectivity index (χ4n) is 1.71. The van der Waals surface area contributed by atoms with Crippen molar-refractivity contribution in [1.29, 1.82) is 0 Å². The van der Waals surface area contributed by atoms with Crippen LogP contribution < -0.4 is 9.86 Å². The van der Waals surface area contributed by atoms with Crippen molar-refractivity contribution < 1.29 is 16.8 Å². The van der Waals surface area contributed by atoms with Gasteiger partial charge in [-0.3, -0.25) is 4.72 Å². The summed E-state index contributed by atoms with van der Waals surface area (Å²) < 4.78 is 49.9. The maximum absolute atomic E-state index is 12.2. The Morgan fingerprint density at radius 3 is 2.33 bits per heavy atom. The standard InChI is InChI=1S/C12H14N2O4S3/c1-8-6-10(20(13,15)16)7-11(9(8)2)14-21(17,18)12-4-3-5-19-12/h3-7,14H,1-2H3,(H2,13,15,16). The van der Waals surface area contributed by atoms with Gasteiger partial charge in [0.1, 0.15) is 4.21 Å². The number of sulfonamides is 2. The fourth-order valence-corrected chi connectivity index (χ4v) is 4.44. The Balaban J connectivity index is 2.53. The number of hydrogen-bond donors (Lipinski definition) is 2. The maximum atomic E-state index is 12.2. The van der Waals surface area contributed by atoms with Crippen molar-refractivity contribution in [3.8, 4) is 0 Å². The van der Waals surface area contributed by atoms with E-state index in [1.54, 1.807) is 25.3 Å². The van der Waals surface area contributed by atoms with Crippen LogP contribution in [-0.4, -0.2) is 16.8 Å². The number of benzene rings is 1. The molecule has 0 bridgehead atoms. The van der Waals surface area contributed by atoms with Crippen molar-refractivity contribution in [3.05, 3.63) is 40.8 Å². The molecule has 21 heavy (non-hydrogen) atoms. The molecular formula is C12H14N2O4S3. The lowest BCUT2D eigenvalue weighted by Gasteiger charge is -2.13. The van der Waals surface area contributed by atoms with Gasteiger partial charge in [-0.25, -0.2) is 22.0 Å². The van der Waals surface area contributed by atoms with Crippen LogP contribution in [0.2, 0.25) is 0 Å². The molecule has 0 saturated carbocycles. The first-order valence-corrected chi connectivity index (χ1v) is 9.72. The van der Waals surface area contributed by atoms with E-state index in [2.05, 4.69) is 4.72 Å². The first-order valence-electron chi connectivity index (χ1n) is 5.81. The smallest absolute Gasteiger partial charge is 0.271 e. The van der Waals surface area contributed by atoms with E-state index in [1.807, 2.05) is 0 Å². The second kappa shape index (κ2) is 5.41. The average molecular weight is 346 g/mol. The quantitative estimate of drug-likeness (QED) is 0.880. The predicted molar refractivity (Wildman–Crippen MR) is 82.4 cm³/mol. The average Bonchev–Trinajstić information content (AvgIpc) is 2.87. The second-order valence-electron chi connectivity index (χ2n) is 4.50. The molecule has 0 aliphatic carbocycles. The highest BCUT2D eigenvalue weighted by Crippen LogP contribution is 2.27. The van der Waals surface area contributed by atoms with E-state index in [0.717, 1.165) is 11.3 Å². The van der Waals surface area contributed by atoms with Crippen molar-refractivity contribution in [2.45, 2.75) is 23.0 Å². The number of nitrogens with two attached hydrogens (primary N) is 1. The predicted octanol–water partition coefficient (Wildman–Crippen LogP) is 1.81. The van der Waals surface area contributed by atoms with Gasteiger partial charge in [-0.15, -0.1) is 11.3 Å². The highest BCUT2D eigenvalue weighted by molar-refractivity contribution is 7.94. The molecule has 0 unspecified atom stereocenters. The lowest BCUT2D eigenvalue weighted by atomic mass is 10.1. The number of anilines is 1. The second-order valence-corrected chi connectivity index (χ2v) is 8.91. The molecule has 1 heterocycles. The van der Waals surface area contributed by atoms with Gasteiger partial charge in [-0.1, -0.05) is 6.07 Å². The van der Waals surface area contributed by atoms with Gasteiger partial charge >= 0.3 is 0 Å². The molecule has 2 rings (SSSR count). The van der Waals surface area contributed by atoms with E-state index in [0.29, 0.717) is 11.1 Å². The highest BCUT2D eigenvalue weighted by Gasteiger charge is 2.19. The Labute approximate surface area is 127 Å². The molecule has 0 spiro atoms. The summed E-state index contributed by atoms with van der Waals surface area (Å²) in [6.07, 6.45) is 0. The normalized spacial score (nSPS) is 12.3. The monoisotopic (exact) mass is 346 g/mol. The maximum Gasteiger partial charge on any atom is 0.271 e. The van der Waals surface area contributed by atoms with Gasteiger partial charge in [-0.05, 0) is 48.6 Å². The number of aryl methyl sites for hydroxylation is 1. The van der Waals surface area contributed by atoms with E-state index in [4.69, 9.17) is 5.14 Å². The third-order valence-corrected chi connectivity index (χ3v) is 6.63. The SMILES string of the molecule is Cc1cc(S(N)(=O)=O)cc(NS(=O)(=O)c2cccs2)c1C. The first kappa shape index (κ1) is 16.0. The van der Waals surface area contributed by atoms with E-state index in [1.165, 1.54) is 18.2 Å². The van der Waals surface area contributed by atoms with E-state index >= 15 is 0 Å². The topological polar surface area (TPSA) is 106 Å².